The summed E-state index contributed by atoms with van der Waals surface area (Å²) >= 11 is 0. The molecule has 0 bridgehead atoms. The van der Waals surface area contributed by atoms with Crippen molar-refractivity contribution in [1.82, 2.24) is 14.1 Å². The average molecular weight is 758 g/mol. The van der Waals surface area contributed by atoms with Crippen LogP contribution in [-0.2, 0) is 26.2 Å². The summed E-state index contributed by atoms with van der Waals surface area (Å²) in [6, 6.07) is 19.9. The quantitative estimate of drug-likeness (QED) is 0.0807. The fraction of sp³-hybridized carbons (Fsp3) is 0.476. The van der Waals surface area contributed by atoms with E-state index in [0.29, 0.717) is 17.9 Å². The van der Waals surface area contributed by atoms with Crippen molar-refractivity contribution in [2.45, 2.75) is 114 Å². The first-order chi connectivity index (χ1) is 26.3. The lowest BCUT2D eigenvalue weighted by molar-refractivity contribution is -0.130. The van der Waals surface area contributed by atoms with Crippen molar-refractivity contribution < 1.29 is 27.5 Å². The van der Waals surface area contributed by atoms with Gasteiger partial charge < -0.3 is 15.0 Å². The van der Waals surface area contributed by atoms with Gasteiger partial charge in [0.15, 0.2) is 11.9 Å². The minimum atomic E-state index is -4.21. The third-order valence-electron chi connectivity index (χ3n) is 10.0. The number of ether oxygens (including phenoxy) is 1. The lowest BCUT2D eigenvalue weighted by Gasteiger charge is -2.36. The topological polar surface area (TPSA) is 129 Å². The molecule has 3 aromatic rings. The largest absolute Gasteiger partial charge is 0.495 e. The summed E-state index contributed by atoms with van der Waals surface area (Å²) in [5, 5.41) is 2.80. The Kier molecular flexibility index (Phi) is 15.1. The highest BCUT2D eigenvalue weighted by molar-refractivity contribution is 7.90. The molecule has 0 radical (unpaired) electrons. The number of amides is 4. The van der Waals surface area contributed by atoms with E-state index in [1.165, 1.54) is 75.9 Å². The number of sulfonamides is 1. The predicted molar refractivity (Wildman–Crippen MR) is 212 cm³/mol. The van der Waals surface area contributed by atoms with Crippen molar-refractivity contribution in [3.05, 3.63) is 84.4 Å². The number of amidine groups is 1. The zero-order valence-electron chi connectivity index (χ0n) is 31.8. The number of carbonyl (C=O) groups is 3. The molecule has 0 spiro atoms. The molecule has 11 nitrogen and oxygen atoms in total. The molecule has 5 rings (SSSR count). The molecule has 1 unspecified atom stereocenters. The van der Waals surface area contributed by atoms with E-state index in [1.807, 2.05) is 30.3 Å². The maximum Gasteiger partial charge on any atom is 0.328 e. The lowest BCUT2D eigenvalue weighted by Crippen LogP contribution is -2.58. The Hall–Kier alpha value is -4.71. The summed E-state index contributed by atoms with van der Waals surface area (Å²) < 4.78 is 35.3. The predicted octanol–water partition coefficient (Wildman–Crippen LogP) is 8.68. The summed E-state index contributed by atoms with van der Waals surface area (Å²) in [5.41, 5.74) is 1.25. The molecule has 0 saturated carbocycles. The summed E-state index contributed by atoms with van der Waals surface area (Å²) in [6.07, 6.45) is 16.1. The number of aliphatic imine (C=N–C) groups is 1. The first kappa shape index (κ1) is 40.5. The molecule has 12 heteroatoms. The number of rotatable bonds is 22. The highest BCUT2D eigenvalue weighted by atomic mass is 32.2. The fourth-order valence-corrected chi connectivity index (χ4v) is 8.74. The summed E-state index contributed by atoms with van der Waals surface area (Å²) in [6.45, 7) is 2.14. The van der Waals surface area contributed by atoms with Crippen LogP contribution in [0, 0.1) is 0 Å². The first-order valence-corrected chi connectivity index (χ1v) is 21.0. The number of benzene rings is 3. The van der Waals surface area contributed by atoms with Gasteiger partial charge in [0.05, 0.1) is 18.5 Å². The second-order valence-electron chi connectivity index (χ2n) is 14.1. The van der Waals surface area contributed by atoms with Crippen molar-refractivity contribution in [1.29, 1.82) is 0 Å². The molecule has 1 saturated heterocycles. The van der Waals surface area contributed by atoms with E-state index in [-0.39, 0.29) is 36.1 Å². The van der Waals surface area contributed by atoms with Gasteiger partial charge in [0.25, 0.3) is 21.8 Å². The number of hydrogen-bond donors (Lipinski definition) is 1. The number of unbranched alkanes of at least 4 members (excludes halogenated alkanes) is 13. The van der Waals surface area contributed by atoms with Gasteiger partial charge in [0.2, 0.25) is 0 Å². The maximum atomic E-state index is 14.5. The van der Waals surface area contributed by atoms with E-state index in [2.05, 4.69) is 12.2 Å². The minimum absolute atomic E-state index is 0.00720. The fourth-order valence-electron chi connectivity index (χ4n) is 7.12. The van der Waals surface area contributed by atoms with Crippen LogP contribution >= 0.6 is 0 Å². The smallest absolute Gasteiger partial charge is 0.328 e. The Balaban J connectivity index is 1.34. The average Bonchev–Trinajstić information content (AvgIpc) is 3.44. The van der Waals surface area contributed by atoms with E-state index < -0.39 is 33.9 Å². The van der Waals surface area contributed by atoms with Crippen LogP contribution in [0.25, 0.3) is 0 Å². The molecule has 2 heterocycles. The van der Waals surface area contributed by atoms with E-state index in [9.17, 15) is 22.8 Å². The van der Waals surface area contributed by atoms with Gasteiger partial charge in [0, 0.05) is 13.1 Å². The van der Waals surface area contributed by atoms with Crippen LogP contribution in [0.5, 0.6) is 5.75 Å². The number of urea groups is 1. The molecule has 1 atom stereocenters. The number of nitrogens with one attached hydrogen (secondary N) is 1. The molecule has 2 aliphatic heterocycles. The highest BCUT2D eigenvalue weighted by Gasteiger charge is 2.50. The number of para-hydroxylation sites is 3. The van der Waals surface area contributed by atoms with Crippen molar-refractivity contribution in [3.63, 3.8) is 0 Å². The van der Waals surface area contributed by atoms with Crippen LogP contribution in [0.3, 0.4) is 0 Å². The number of fused-ring (bicyclic) bond motifs is 1. The van der Waals surface area contributed by atoms with Crippen LogP contribution in [0.2, 0.25) is 0 Å². The molecular formula is C42H55N5O6S. The molecule has 4 amide bonds. The third kappa shape index (κ3) is 10.3. The van der Waals surface area contributed by atoms with Crippen molar-refractivity contribution in [2.75, 3.05) is 25.5 Å². The summed E-state index contributed by atoms with van der Waals surface area (Å²) in [4.78, 5) is 49.3. The van der Waals surface area contributed by atoms with Crippen LogP contribution < -0.4 is 10.1 Å². The van der Waals surface area contributed by atoms with Crippen molar-refractivity contribution >= 4 is 45.1 Å². The number of imide groups is 1. The Morgan fingerprint density at radius 2 is 1.35 bits per heavy atom. The number of carbonyl (C=O) groups excluding carboxylic acids is 3. The van der Waals surface area contributed by atoms with Crippen LogP contribution in [0.15, 0.2) is 88.8 Å². The zero-order chi connectivity index (χ0) is 38.3. The summed E-state index contributed by atoms with van der Waals surface area (Å²) in [7, 11) is -2.74. The Bertz CT molecular complexity index is 1850. The van der Waals surface area contributed by atoms with Gasteiger partial charge in [-0.1, -0.05) is 145 Å². The number of nitrogens with zero attached hydrogens (tertiary/aromatic N) is 4. The molecular weight excluding hydrogens is 703 g/mol. The second-order valence-corrected chi connectivity index (χ2v) is 15.9. The van der Waals surface area contributed by atoms with E-state index in [4.69, 9.17) is 9.73 Å². The Morgan fingerprint density at radius 3 is 2.00 bits per heavy atom. The van der Waals surface area contributed by atoms with Gasteiger partial charge in [0.1, 0.15) is 17.2 Å². The van der Waals surface area contributed by atoms with E-state index >= 15 is 0 Å². The molecule has 2 aliphatic rings. The first-order valence-electron chi connectivity index (χ1n) is 19.6. The van der Waals surface area contributed by atoms with Gasteiger partial charge in [-0.05, 0) is 36.2 Å². The molecule has 3 aromatic carbocycles. The monoisotopic (exact) mass is 757 g/mol. The molecule has 0 aliphatic carbocycles. The van der Waals surface area contributed by atoms with Crippen LogP contribution in [0.1, 0.15) is 102 Å². The summed E-state index contributed by atoms with van der Waals surface area (Å²) in [5.74, 6) is -1.26. The second kappa shape index (κ2) is 20.1. The van der Waals surface area contributed by atoms with Gasteiger partial charge in [-0.3, -0.25) is 13.9 Å². The molecule has 290 valence electrons. The normalized spacial score (nSPS) is 15.6. The van der Waals surface area contributed by atoms with Crippen molar-refractivity contribution in [3.8, 4) is 5.75 Å². The van der Waals surface area contributed by atoms with Gasteiger partial charge in [-0.15, -0.1) is 0 Å². The molecule has 1 fully saturated rings. The van der Waals surface area contributed by atoms with E-state index in [1.54, 1.807) is 42.5 Å². The number of hydrogen-bond acceptors (Lipinski definition) is 7. The maximum absolute atomic E-state index is 14.5. The Morgan fingerprint density at radius 1 is 0.778 bits per heavy atom. The SMILES string of the molecule is CCCCCCCCCCCCCCCCN1C(C(C(=O)Nc2ccccc2OC)N2C(=O)CN(Cc3ccccc3)C2=O)=Nc2ccccc2S1(=O)=O. The minimum Gasteiger partial charge on any atom is -0.495 e. The van der Waals surface area contributed by atoms with Gasteiger partial charge in [-0.2, -0.15) is 0 Å². The van der Waals surface area contributed by atoms with Crippen LogP contribution in [-0.4, -0.2) is 72.4 Å². The Labute approximate surface area is 320 Å². The van der Waals surface area contributed by atoms with Crippen LogP contribution in [0.4, 0.5) is 16.2 Å². The number of anilines is 1. The van der Waals surface area contributed by atoms with Gasteiger partial charge >= 0.3 is 6.03 Å². The highest BCUT2D eigenvalue weighted by Crippen LogP contribution is 2.35. The van der Waals surface area contributed by atoms with Crippen molar-refractivity contribution in [2.24, 2.45) is 4.99 Å². The van der Waals surface area contributed by atoms with Gasteiger partial charge in [-0.25, -0.2) is 23.1 Å². The lowest BCUT2D eigenvalue weighted by atomic mass is 10.0. The zero-order valence-corrected chi connectivity index (χ0v) is 32.6. The standard InChI is InChI=1S/C42H55N5O6S/c1-3-4-5-6-7-8-9-10-11-12-13-14-15-23-30-46-40(43-35-27-20-22-29-37(35)54(46,51)52)39(41(49)44-34-26-19-21-28-36(34)53-2)47-38(48)32-45(42(47)50)31-33-24-17-16-18-25-33/h16-22,24-29,39H,3-15,23,30-32H2,1-2H3,(H,44,49). The van der Waals surface area contributed by atoms with E-state index in [0.717, 1.165) is 40.5 Å². The molecule has 1 N–H and O–H groups in total. The molecule has 0 aromatic heterocycles. The molecule has 54 heavy (non-hydrogen) atoms. The number of methoxy groups -OCH3 is 1. The third-order valence-corrected chi connectivity index (χ3v) is 11.9.